The minimum atomic E-state index is -0.0932. The Kier molecular flexibility index (Phi) is 4.38. The number of carbonyl (C=O) groups excluding carboxylic acids is 1. The first-order valence-corrected chi connectivity index (χ1v) is 5.89. The average Bonchev–Trinajstić information content (AvgIpc) is 2.39. The van der Waals surface area contributed by atoms with Crippen LogP contribution in [0.5, 0.6) is 5.75 Å². The molecule has 1 unspecified atom stereocenters. The van der Waals surface area contributed by atoms with Gasteiger partial charge in [0, 0.05) is 6.61 Å². The predicted octanol–water partition coefficient (Wildman–Crippen LogP) is 1.36. The van der Waals surface area contributed by atoms with Crippen molar-refractivity contribution in [3.05, 3.63) is 30.3 Å². The van der Waals surface area contributed by atoms with Crippen LogP contribution in [0.2, 0.25) is 0 Å². The predicted molar refractivity (Wildman–Crippen MR) is 63.9 cm³/mol. The number of hydrogen-bond acceptors (Lipinski definition) is 3. The minimum Gasteiger partial charge on any atom is -0.484 e. The molecule has 1 N–H and O–H groups in total. The molecule has 92 valence electrons. The number of amides is 1. The molecule has 4 heteroatoms. The topological polar surface area (TPSA) is 47.6 Å². The van der Waals surface area contributed by atoms with Gasteiger partial charge in [0.1, 0.15) is 5.75 Å². The molecule has 0 aliphatic carbocycles. The summed E-state index contributed by atoms with van der Waals surface area (Å²) in [7, 11) is 0. The Balaban J connectivity index is 1.70. The maximum atomic E-state index is 11.6. The van der Waals surface area contributed by atoms with Gasteiger partial charge in [-0.1, -0.05) is 18.2 Å². The molecule has 0 saturated carbocycles. The molecule has 17 heavy (non-hydrogen) atoms. The summed E-state index contributed by atoms with van der Waals surface area (Å²) < 4.78 is 10.6. The van der Waals surface area contributed by atoms with Crippen LogP contribution < -0.4 is 10.1 Å². The van der Waals surface area contributed by atoms with Crippen LogP contribution in [0.25, 0.3) is 0 Å². The number of para-hydroxylation sites is 1. The lowest BCUT2D eigenvalue weighted by Crippen LogP contribution is -2.42. The third-order valence-electron chi connectivity index (χ3n) is 2.64. The molecule has 0 spiro atoms. The lowest BCUT2D eigenvalue weighted by atomic mass is 10.1. The maximum absolute atomic E-state index is 11.6. The summed E-state index contributed by atoms with van der Waals surface area (Å²) in [4.78, 5) is 11.6. The molecular formula is C13H17NO3. The highest BCUT2D eigenvalue weighted by Gasteiger charge is 2.16. The summed E-state index contributed by atoms with van der Waals surface area (Å²) in [6.07, 6.45) is 1.99. The van der Waals surface area contributed by atoms with E-state index < -0.39 is 0 Å². The molecule has 1 heterocycles. The Labute approximate surface area is 101 Å². The van der Waals surface area contributed by atoms with Crippen molar-refractivity contribution in [2.75, 3.05) is 19.8 Å². The van der Waals surface area contributed by atoms with Gasteiger partial charge in [0.05, 0.1) is 12.6 Å². The number of benzene rings is 1. The molecule has 2 rings (SSSR count). The van der Waals surface area contributed by atoms with E-state index in [4.69, 9.17) is 9.47 Å². The van der Waals surface area contributed by atoms with Gasteiger partial charge < -0.3 is 14.8 Å². The molecule has 1 atom stereocenters. The highest BCUT2D eigenvalue weighted by molar-refractivity contribution is 5.77. The summed E-state index contributed by atoms with van der Waals surface area (Å²) in [6.45, 7) is 1.46. The Morgan fingerprint density at radius 3 is 2.94 bits per heavy atom. The Morgan fingerprint density at radius 1 is 1.41 bits per heavy atom. The summed E-state index contributed by atoms with van der Waals surface area (Å²) in [5.74, 6) is 0.617. The van der Waals surface area contributed by atoms with Crippen molar-refractivity contribution in [1.82, 2.24) is 5.32 Å². The zero-order chi connectivity index (χ0) is 11.9. The van der Waals surface area contributed by atoms with Crippen LogP contribution in [0.1, 0.15) is 12.8 Å². The van der Waals surface area contributed by atoms with Gasteiger partial charge in [0.15, 0.2) is 6.61 Å². The van der Waals surface area contributed by atoms with Crippen molar-refractivity contribution in [1.29, 1.82) is 0 Å². The molecule has 1 aromatic rings. The summed E-state index contributed by atoms with van der Waals surface area (Å²) in [5, 5.41) is 2.90. The normalized spacial score (nSPS) is 19.6. The van der Waals surface area contributed by atoms with Crippen LogP contribution in [-0.4, -0.2) is 31.8 Å². The van der Waals surface area contributed by atoms with Crippen molar-refractivity contribution < 1.29 is 14.3 Å². The van der Waals surface area contributed by atoms with E-state index in [9.17, 15) is 4.79 Å². The smallest absolute Gasteiger partial charge is 0.258 e. The van der Waals surface area contributed by atoms with Crippen molar-refractivity contribution in [2.45, 2.75) is 18.9 Å². The molecule has 1 aliphatic rings. The van der Waals surface area contributed by atoms with Crippen molar-refractivity contribution in [3.8, 4) is 5.75 Å². The first-order chi connectivity index (χ1) is 8.34. The Morgan fingerprint density at radius 2 is 2.24 bits per heavy atom. The second-order valence-electron chi connectivity index (χ2n) is 4.08. The quantitative estimate of drug-likeness (QED) is 0.857. The van der Waals surface area contributed by atoms with Gasteiger partial charge in [-0.15, -0.1) is 0 Å². The second kappa shape index (κ2) is 6.25. The number of rotatable bonds is 4. The third-order valence-corrected chi connectivity index (χ3v) is 2.64. The van der Waals surface area contributed by atoms with E-state index in [1.54, 1.807) is 0 Å². The van der Waals surface area contributed by atoms with E-state index >= 15 is 0 Å². The summed E-state index contributed by atoms with van der Waals surface area (Å²) in [6, 6.07) is 9.46. The fourth-order valence-electron chi connectivity index (χ4n) is 1.79. The Hall–Kier alpha value is -1.55. The highest BCUT2D eigenvalue weighted by atomic mass is 16.5. The molecule has 4 nitrogen and oxygen atoms in total. The first-order valence-electron chi connectivity index (χ1n) is 5.89. The van der Waals surface area contributed by atoms with Gasteiger partial charge in [-0.3, -0.25) is 4.79 Å². The zero-order valence-corrected chi connectivity index (χ0v) is 9.72. The fourth-order valence-corrected chi connectivity index (χ4v) is 1.79. The summed E-state index contributed by atoms with van der Waals surface area (Å²) in [5.41, 5.74) is 0. The Bertz CT molecular complexity index is 347. The van der Waals surface area contributed by atoms with Crippen LogP contribution in [0.4, 0.5) is 0 Å². The average molecular weight is 235 g/mol. The van der Waals surface area contributed by atoms with Gasteiger partial charge in [-0.2, -0.15) is 0 Å². The van der Waals surface area contributed by atoms with E-state index in [1.807, 2.05) is 30.3 Å². The highest BCUT2D eigenvalue weighted by Crippen LogP contribution is 2.08. The molecule has 0 bridgehead atoms. The second-order valence-corrected chi connectivity index (χ2v) is 4.08. The monoisotopic (exact) mass is 235 g/mol. The van der Waals surface area contributed by atoms with Gasteiger partial charge >= 0.3 is 0 Å². The first kappa shape index (κ1) is 11.9. The van der Waals surface area contributed by atoms with Gasteiger partial charge in [-0.05, 0) is 25.0 Å². The number of hydrogen-bond donors (Lipinski definition) is 1. The molecule has 1 saturated heterocycles. The molecule has 1 aromatic carbocycles. The van der Waals surface area contributed by atoms with E-state index in [1.165, 1.54) is 0 Å². The van der Waals surface area contributed by atoms with Crippen LogP contribution in [-0.2, 0) is 9.53 Å². The van der Waals surface area contributed by atoms with Gasteiger partial charge in [0.2, 0.25) is 0 Å². The molecule has 0 radical (unpaired) electrons. The number of ether oxygens (including phenoxy) is 2. The number of nitrogens with one attached hydrogen (secondary N) is 1. The van der Waals surface area contributed by atoms with Crippen LogP contribution in [0.15, 0.2) is 30.3 Å². The lowest BCUT2D eigenvalue weighted by molar-refractivity contribution is -0.124. The van der Waals surface area contributed by atoms with E-state index in [2.05, 4.69) is 5.32 Å². The number of carbonyl (C=O) groups is 1. The largest absolute Gasteiger partial charge is 0.484 e. The van der Waals surface area contributed by atoms with E-state index in [-0.39, 0.29) is 18.6 Å². The lowest BCUT2D eigenvalue weighted by Gasteiger charge is -2.23. The fraction of sp³-hybridized carbons (Fsp3) is 0.462. The summed E-state index contributed by atoms with van der Waals surface area (Å²) >= 11 is 0. The van der Waals surface area contributed by atoms with Gasteiger partial charge in [0.25, 0.3) is 5.91 Å². The molecule has 1 fully saturated rings. The van der Waals surface area contributed by atoms with Crippen molar-refractivity contribution >= 4 is 5.91 Å². The van der Waals surface area contributed by atoms with Crippen LogP contribution >= 0.6 is 0 Å². The maximum Gasteiger partial charge on any atom is 0.258 e. The van der Waals surface area contributed by atoms with Crippen LogP contribution in [0.3, 0.4) is 0 Å². The van der Waals surface area contributed by atoms with Gasteiger partial charge in [-0.25, -0.2) is 0 Å². The third kappa shape index (κ3) is 4.07. The van der Waals surface area contributed by atoms with E-state index in [0.717, 1.165) is 19.4 Å². The molecule has 1 amide bonds. The van der Waals surface area contributed by atoms with Crippen LogP contribution in [0, 0.1) is 0 Å². The zero-order valence-electron chi connectivity index (χ0n) is 9.72. The van der Waals surface area contributed by atoms with Crippen molar-refractivity contribution in [3.63, 3.8) is 0 Å². The molecule has 0 aromatic heterocycles. The SMILES string of the molecule is O=C(COc1ccccc1)NC1CCCOC1. The van der Waals surface area contributed by atoms with Crippen molar-refractivity contribution in [2.24, 2.45) is 0 Å². The minimum absolute atomic E-state index is 0.0561. The van der Waals surface area contributed by atoms with E-state index in [0.29, 0.717) is 12.4 Å². The molecule has 1 aliphatic heterocycles. The standard InChI is InChI=1S/C13H17NO3/c15-13(14-11-5-4-8-16-9-11)10-17-12-6-2-1-3-7-12/h1-3,6-7,11H,4-5,8-10H2,(H,14,15). The molecular weight excluding hydrogens is 218 g/mol.